The van der Waals surface area contributed by atoms with Crippen LogP contribution in [0.3, 0.4) is 0 Å². The van der Waals surface area contributed by atoms with Crippen LogP contribution in [0, 0.1) is 5.41 Å². The van der Waals surface area contributed by atoms with E-state index in [1.54, 1.807) is 0 Å². The molecule has 8 heteroatoms. The van der Waals surface area contributed by atoms with Crippen LogP contribution >= 0.6 is 0 Å². The number of rotatable bonds is 0. The molecule has 2 unspecified atom stereocenters. The van der Waals surface area contributed by atoms with Crippen LogP contribution in [0.5, 0.6) is 0 Å². The van der Waals surface area contributed by atoms with Crippen molar-refractivity contribution in [1.82, 2.24) is 25.3 Å². The lowest BCUT2D eigenvalue weighted by Crippen LogP contribution is -2.60. The average molecular weight is 620 g/mol. The fourth-order valence-electron chi connectivity index (χ4n) is 8.17. The second kappa shape index (κ2) is 14.1. The van der Waals surface area contributed by atoms with E-state index in [0.717, 1.165) is 65.4 Å². The second-order valence-electron chi connectivity index (χ2n) is 17.9. The van der Waals surface area contributed by atoms with Crippen LogP contribution in [0.25, 0.3) is 0 Å². The van der Waals surface area contributed by atoms with Gasteiger partial charge in [0.1, 0.15) is 0 Å². The topological polar surface area (TPSA) is 69.3 Å². The molecule has 0 aromatic rings. The summed E-state index contributed by atoms with van der Waals surface area (Å²) < 4.78 is 12.0. The van der Waals surface area contributed by atoms with Crippen LogP contribution in [0.2, 0.25) is 0 Å². The number of nitrogens with zero attached hydrogens (tertiary/aromatic N) is 3. The second-order valence-corrected chi connectivity index (χ2v) is 17.9. The molecule has 44 heavy (non-hydrogen) atoms. The number of carbonyl (C=O) groups excluding carboxylic acids is 1. The molecule has 0 aliphatic carbocycles. The minimum Gasteiger partial charge on any atom is -0.374 e. The predicted octanol–water partition coefficient (Wildman–Crippen LogP) is 5.06. The maximum Gasteiger partial charge on any atom is 0.220 e. The summed E-state index contributed by atoms with van der Waals surface area (Å²) in [6.07, 6.45) is 10.6. The van der Waals surface area contributed by atoms with E-state index in [1.165, 1.54) is 64.5 Å². The molecule has 2 N–H and O–H groups in total. The van der Waals surface area contributed by atoms with Gasteiger partial charge in [0.25, 0.3) is 0 Å². The molecule has 0 radical (unpaired) electrons. The summed E-state index contributed by atoms with van der Waals surface area (Å²) >= 11 is 0. The number of ether oxygens (including phenoxy) is 2. The SMILES string of the molecule is CC(C)(C)N1CCCC2(CCCO2)C1.CC(C)(C)N1CCCC2(CNC(=O)C2)C1.CC(C)(C)N1CCOC2(CCNCC2)C1. The number of hydrogen-bond donors (Lipinski definition) is 2. The molecule has 256 valence electrons. The van der Waals surface area contributed by atoms with Crippen LogP contribution in [0.4, 0.5) is 0 Å². The van der Waals surface area contributed by atoms with Gasteiger partial charge in [-0.2, -0.15) is 0 Å². The summed E-state index contributed by atoms with van der Waals surface area (Å²) in [6, 6.07) is 0. The number of carbonyl (C=O) groups is 1. The first kappa shape index (κ1) is 36.1. The molecule has 6 aliphatic rings. The van der Waals surface area contributed by atoms with Gasteiger partial charge in [-0.05, 0) is 140 Å². The van der Waals surface area contributed by atoms with Crippen molar-refractivity contribution < 1.29 is 14.3 Å². The van der Waals surface area contributed by atoms with Gasteiger partial charge in [-0.3, -0.25) is 19.5 Å². The van der Waals surface area contributed by atoms with E-state index in [1.807, 2.05) is 0 Å². The molecule has 2 atom stereocenters. The van der Waals surface area contributed by atoms with Crippen molar-refractivity contribution in [2.24, 2.45) is 5.41 Å². The van der Waals surface area contributed by atoms with Crippen LogP contribution in [-0.2, 0) is 14.3 Å². The summed E-state index contributed by atoms with van der Waals surface area (Å²) in [4.78, 5) is 19.0. The number of morpholine rings is 1. The van der Waals surface area contributed by atoms with E-state index in [4.69, 9.17) is 9.47 Å². The molecule has 0 bridgehead atoms. The summed E-state index contributed by atoms with van der Waals surface area (Å²) in [5.41, 5.74) is 1.44. The number of hydrogen-bond acceptors (Lipinski definition) is 7. The van der Waals surface area contributed by atoms with Crippen LogP contribution in [0.1, 0.15) is 120 Å². The summed E-state index contributed by atoms with van der Waals surface area (Å²) in [6.45, 7) is 32.4. The summed E-state index contributed by atoms with van der Waals surface area (Å²) in [5.74, 6) is 0.241. The Labute approximate surface area is 270 Å². The molecule has 6 fully saturated rings. The van der Waals surface area contributed by atoms with E-state index in [2.05, 4.69) is 87.6 Å². The van der Waals surface area contributed by atoms with Gasteiger partial charge in [0.15, 0.2) is 0 Å². The molecule has 1 amide bonds. The number of piperidine rings is 3. The predicted molar refractivity (Wildman–Crippen MR) is 181 cm³/mol. The smallest absolute Gasteiger partial charge is 0.220 e. The maximum absolute atomic E-state index is 11.3. The minimum absolute atomic E-state index is 0.150. The van der Waals surface area contributed by atoms with Gasteiger partial charge >= 0.3 is 0 Å². The fraction of sp³-hybridized carbons (Fsp3) is 0.972. The average Bonchev–Trinajstić information content (AvgIpc) is 3.54. The molecule has 0 aromatic carbocycles. The van der Waals surface area contributed by atoms with Crippen molar-refractivity contribution in [1.29, 1.82) is 0 Å². The molecule has 3 spiro atoms. The van der Waals surface area contributed by atoms with Gasteiger partial charge in [0.05, 0.1) is 17.8 Å². The van der Waals surface area contributed by atoms with Gasteiger partial charge in [-0.15, -0.1) is 0 Å². The monoisotopic (exact) mass is 620 g/mol. The van der Waals surface area contributed by atoms with E-state index in [0.29, 0.717) is 5.54 Å². The number of likely N-dealkylation sites (tertiary alicyclic amines) is 2. The lowest BCUT2D eigenvalue weighted by atomic mass is 9.78. The third kappa shape index (κ3) is 9.63. The fourth-order valence-corrected chi connectivity index (χ4v) is 8.17. The Bertz CT molecular complexity index is 918. The maximum atomic E-state index is 11.3. The Morgan fingerprint density at radius 1 is 0.614 bits per heavy atom. The van der Waals surface area contributed by atoms with Crippen LogP contribution < -0.4 is 10.6 Å². The molecule has 0 saturated carbocycles. The highest BCUT2D eigenvalue weighted by Gasteiger charge is 2.44. The van der Waals surface area contributed by atoms with Crippen molar-refractivity contribution >= 4 is 5.91 Å². The van der Waals surface area contributed by atoms with Crippen molar-refractivity contribution in [3.05, 3.63) is 0 Å². The Hall–Kier alpha value is -0.770. The number of nitrogens with one attached hydrogen (secondary N) is 2. The quantitative estimate of drug-likeness (QED) is 0.393. The first-order chi connectivity index (χ1) is 20.5. The van der Waals surface area contributed by atoms with Crippen molar-refractivity contribution in [3.8, 4) is 0 Å². The molecular weight excluding hydrogens is 550 g/mol. The molecule has 6 rings (SSSR count). The Balaban J connectivity index is 0.000000151. The summed E-state index contributed by atoms with van der Waals surface area (Å²) in [7, 11) is 0. The molecule has 6 aliphatic heterocycles. The van der Waals surface area contributed by atoms with Gasteiger partial charge in [0, 0.05) is 67.8 Å². The Morgan fingerprint density at radius 3 is 1.64 bits per heavy atom. The van der Waals surface area contributed by atoms with Crippen molar-refractivity contribution in [2.45, 2.75) is 148 Å². The van der Waals surface area contributed by atoms with E-state index in [-0.39, 0.29) is 33.6 Å². The molecule has 6 saturated heterocycles. The van der Waals surface area contributed by atoms with E-state index < -0.39 is 0 Å². The standard InChI is InChI=1S/C12H24N2O.C12H22N2O.C12H23NO/c1-11(2,3)14-8-9-15-12(10-14)4-6-13-7-5-12;1-11(2,3)14-6-4-5-12(9-14)7-10(15)13-8-12;1-11(2,3)13-8-4-6-12(10-13)7-5-9-14-12/h13H,4-10H2,1-3H3;4-9H2,1-3H3,(H,13,15);4-10H2,1-3H3. The number of amides is 1. The lowest BCUT2D eigenvalue weighted by Gasteiger charge is -2.49. The zero-order valence-corrected chi connectivity index (χ0v) is 30.2. The Morgan fingerprint density at radius 2 is 1.11 bits per heavy atom. The van der Waals surface area contributed by atoms with Gasteiger partial charge < -0.3 is 20.1 Å². The molecular formula is C36H69N5O3. The molecule has 8 nitrogen and oxygen atoms in total. The third-order valence-electron chi connectivity index (χ3n) is 11.2. The Kier molecular flexibility index (Phi) is 11.6. The van der Waals surface area contributed by atoms with Crippen LogP contribution in [-0.4, -0.2) is 121 Å². The zero-order valence-electron chi connectivity index (χ0n) is 30.2. The highest BCUT2D eigenvalue weighted by Crippen LogP contribution is 2.39. The molecule has 6 heterocycles. The van der Waals surface area contributed by atoms with Gasteiger partial charge in [0.2, 0.25) is 5.91 Å². The zero-order chi connectivity index (χ0) is 32.3. The van der Waals surface area contributed by atoms with Gasteiger partial charge in [-0.25, -0.2) is 0 Å². The largest absolute Gasteiger partial charge is 0.374 e. The van der Waals surface area contributed by atoms with Crippen molar-refractivity contribution in [2.75, 3.05) is 72.1 Å². The van der Waals surface area contributed by atoms with Gasteiger partial charge in [-0.1, -0.05) is 0 Å². The first-order valence-corrected chi connectivity index (χ1v) is 18.0. The normalized spacial score (nSPS) is 32.2. The first-order valence-electron chi connectivity index (χ1n) is 18.0. The van der Waals surface area contributed by atoms with Crippen molar-refractivity contribution in [3.63, 3.8) is 0 Å². The van der Waals surface area contributed by atoms with Crippen LogP contribution in [0.15, 0.2) is 0 Å². The molecule has 0 aromatic heterocycles. The van der Waals surface area contributed by atoms with E-state index >= 15 is 0 Å². The third-order valence-corrected chi connectivity index (χ3v) is 11.2. The van der Waals surface area contributed by atoms with E-state index in [9.17, 15) is 4.79 Å². The highest BCUT2D eigenvalue weighted by atomic mass is 16.5. The minimum atomic E-state index is 0.150. The lowest BCUT2D eigenvalue weighted by molar-refractivity contribution is -0.140. The summed E-state index contributed by atoms with van der Waals surface area (Å²) in [5, 5.41) is 6.40. The highest BCUT2D eigenvalue weighted by molar-refractivity contribution is 5.79.